The second-order valence-electron chi connectivity index (χ2n) is 3.84. The standard InChI is InChI=1S/C11H11F2NO2.C2H6/c1-6-5-14(11(15)16-6)8-3-9(12)7(2)10(13)4-8;1-2/h3-4,6H,5H2,1-2H3;1-2H3. The largest absolute Gasteiger partial charge is 0.444 e. The number of cyclic esters (lactones) is 1. The summed E-state index contributed by atoms with van der Waals surface area (Å²) >= 11 is 0. The monoisotopic (exact) mass is 257 g/mol. The van der Waals surface area contributed by atoms with Crippen LogP contribution in [0, 0.1) is 18.6 Å². The molecule has 0 saturated carbocycles. The number of halogens is 2. The summed E-state index contributed by atoms with van der Waals surface area (Å²) in [5, 5.41) is 0. The lowest BCUT2D eigenvalue weighted by Crippen LogP contribution is -2.24. The molecule has 1 fully saturated rings. The Morgan fingerprint density at radius 1 is 1.28 bits per heavy atom. The lowest BCUT2D eigenvalue weighted by atomic mass is 10.2. The van der Waals surface area contributed by atoms with Gasteiger partial charge in [-0.15, -0.1) is 0 Å². The number of ether oxygens (including phenoxy) is 1. The van der Waals surface area contributed by atoms with Gasteiger partial charge in [-0.3, -0.25) is 4.90 Å². The van der Waals surface area contributed by atoms with Crippen molar-refractivity contribution in [2.24, 2.45) is 0 Å². The maximum atomic E-state index is 13.3. The highest BCUT2D eigenvalue weighted by Gasteiger charge is 2.30. The van der Waals surface area contributed by atoms with E-state index in [4.69, 9.17) is 4.74 Å². The topological polar surface area (TPSA) is 29.5 Å². The smallest absolute Gasteiger partial charge is 0.414 e. The number of carbonyl (C=O) groups is 1. The Bertz CT molecular complexity index is 426. The van der Waals surface area contributed by atoms with Crippen LogP contribution in [0.1, 0.15) is 26.3 Å². The van der Waals surface area contributed by atoms with E-state index in [9.17, 15) is 13.6 Å². The quantitative estimate of drug-likeness (QED) is 0.768. The third-order valence-electron chi connectivity index (χ3n) is 2.54. The first-order chi connectivity index (χ1) is 8.49. The van der Waals surface area contributed by atoms with E-state index >= 15 is 0 Å². The van der Waals surface area contributed by atoms with E-state index in [2.05, 4.69) is 0 Å². The molecule has 1 saturated heterocycles. The number of nitrogens with zero attached hydrogens (tertiary/aromatic N) is 1. The van der Waals surface area contributed by atoms with Gasteiger partial charge in [0.05, 0.1) is 12.2 Å². The van der Waals surface area contributed by atoms with Gasteiger partial charge in [0.25, 0.3) is 0 Å². The van der Waals surface area contributed by atoms with Crippen LogP contribution in [0.4, 0.5) is 19.3 Å². The van der Waals surface area contributed by atoms with Gasteiger partial charge in [0.1, 0.15) is 17.7 Å². The van der Waals surface area contributed by atoms with Gasteiger partial charge < -0.3 is 4.74 Å². The molecule has 0 bridgehead atoms. The number of hydrogen-bond acceptors (Lipinski definition) is 2. The normalized spacial score (nSPS) is 18.2. The molecule has 0 N–H and O–H groups in total. The summed E-state index contributed by atoms with van der Waals surface area (Å²) in [7, 11) is 0. The molecule has 0 spiro atoms. The second kappa shape index (κ2) is 5.80. The molecule has 2 rings (SSSR count). The first-order valence-corrected chi connectivity index (χ1v) is 5.93. The Labute approximate surface area is 105 Å². The van der Waals surface area contributed by atoms with Crippen LogP contribution < -0.4 is 4.90 Å². The van der Waals surface area contributed by atoms with E-state index in [1.165, 1.54) is 11.8 Å². The van der Waals surface area contributed by atoms with Crippen LogP contribution in [-0.2, 0) is 4.74 Å². The molecular weight excluding hydrogens is 240 g/mol. The lowest BCUT2D eigenvalue weighted by Gasteiger charge is -2.13. The number of carbonyl (C=O) groups excluding carboxylic acids is 1. The fourth-order valence-corrected chi connectivity index (χ4v) is 1.60. The first-order valence-electron chi connectivity index (χ1n) is 5.93. The summed E-state index contributed by atoms with van der Waals surface area (Å²) in [6.45, 7) is 7.37. The number of benzene rings is 1. The summed E-state index contributed by atoms with van der Waals surface area (Å²) in [4.78, 5) is 12.6. The SMILES string of the molecule is CC.Cc1c(F)cc(N2CC(C)OC2=O)cc1F. The van der Waals surface area contributed by atoms with E-state index in [1.807, 2.05) is 13.8 Å². The minimum absolute atomic E-state index is 0.0515. The van der Waals surface area contributed by atoms with Gasteiger partial charge in [-0.2, -0.15) is 0 Å². The lowest BCUT2D eigenvalue weighted by molar-refractivity contribution is 0.150. The maximum Gasteiger partial charge on any atom is 0.414 e. The number of rotatable bonds is 1. The van der Waals surface area contributed by atoms with E-state index in [-0.39, 0.29) is 17.4 Å². The molecule has 1 aliphatic rings. The van der Waals surface area contributed by atoms with Gasteiger partial charge in [-0.1, -0.05) is 13.8 Å². The number of anilines is 1. The highest BCUT2D eigenvalue weighted by Crippen LogP contribution is 2.25. The fraction of sp³-hybridized carbons (Fsp3) is 0.462. The third kappa shape index (κ3) is 2.78. The van der Waals surface area contributed by atoms with Crippen LogP contribution in [0.3, 0.4) is 0 Å². The van der Waals surface area contributed by atoms with Crippen LogP contribution in [0.5, 0.6) is 0 Å². The molecule has 1 aliphatic heterocycles. The summed E-state index contributed by atoms with van der Waals surface area (Å²) in [5.74, 6) is -1.33. The van der Waals surface area contributed by atoms with Gasteiger partial charge in [0, 0.05) is 5.56 Å². The molecule has 5 heteroatoms. The molecule has 1 unspecified atom stereocenters. The maximum absolute atomic E-state index is 13.3. The van der Waals surface area contributed by atoms with Crippen LogP contribution in [0.15, 0.2) is 12.1 Å². The van der Waals surface area contributed by atoms with E-state index in [0.29, 0.717) is 6.54 Å². The van der Waals surface area contributed by atoms with E-state index < -0.39 is 17.7 Å². The van der Waals surface area contributed by atoms with Gasteiger partial charge >= 0.3 is 6.09 Å². The minimum Gasteiger partial charge on any atom is -0.444 e. The van der Waals surface area contributed by atoms with Crippen molar-refractivity contribution < 1.29 is 18.3 Å². The molecule has 1 atom stereocenters. The third-order valence-corrected chi connectivity index (χ3v) is 2.54. The molecule has 1 heterocycles. The average molecular weight is 257 g/mol. The molecule has 1 aromatic carbocycles. The average Bonchev–Trinajstić information content (AvgIpc) is 2.67. The molecule has 0 radical (unpaired) electrons. The Morgan fingerprint density at radius 3 is 2.17 bits per heavy atom. The molecule has 0 aromatic heterocycles. The predicted molar refractivity (Wildman–Crippen MR) is 65.7 cm³/mol. The van der Waals surface area contributed by atoms with Crippen molar-refractivity contribution in [3.63, 3.8) is 0 Å². The van der Waals surface area contributed by atoms with Crippen molar-refractivity contribution in [3.8, 4) is 0 Å². The molecule has 1 amide bonds. The van der Waals surface area contributed by atoms with Gasteiger partial charge in [0.2, 0.25) is 0 Å². The van der Waals surface area contributed by atoms with Crippen LogP contribution in [-0.4, -0.2) is 18.7 Å². The number of hydrogen-bond donors (Lipinski definition) is 0. The Kier molecular flexibility index (Phi) is 4.64. The minimum atomic E-state index is -0.664. The number of amides is 1. The van der Waals surface area contributed by atoms with E-state index in [0.717, 1.165) is 12.1 Å². The van der Waals surface area contributed by atoms with Gasteiger partial charge in [0.15, 0.2) is 0 Å². The summed E-state index contributed by atoms with van der Waals surface area (Å²) < 4.78 is 31.5. The summed E-state index contributed by atoms with van der Waals surface area (Å²) in [5.41, 5.74) is 0.138. The highest BCUT2D eigenvalue weighted by molar-refractivity contribution is 5.89. The zero-order chi connectivity index (χ0) is 13.9. The Morgan fingerprint density at radius 2 is 1.78 bits per heavy atom. The Hall–Kier alpha value is -1.65. The molecule has 100 valence electrons. The van der Waals surface area contributed by atoms with Gasteiger partial charge in [-0.25, -0.2) is 13.6 Å². The molecule has 3 nitrogen and oxygen atoms in total. The van der Waals surface area contributed by atoms with Crippen molar-refractivity contribution >= 4 is 11.8 Å². The van der Waals surface area contributed by atoms with E-state index in [1.54, 1.807) is 6.92 Å². The predicted octanol–water partition coefficient (Wildman–Crippen LogP) is 3.64. The van der Waals surface area contributed by atoms with Gasteiger partial charge in [-0.05, 0) is 26.0 Å². The van der Waals surface area contributed by atoms with Crippen LogP contribution in [0.25, 0.3) is 0 Å². The second-order valence-corrected chi connectivity index (χ2v) is 3.84. The van der Waals surface area contributed by atoms with Crippen molar-refractivity contribution in [2.75, 3.05) is 11.4 Å². The van der Waals surface area contributed by atoms with Crippen LogP contribution >= 0.6 is 0 Å². The first kappa shape index (κ1) is 14.4. The Balaban J connectivity index is 0.000000771. The highest BCUT2D eigenvalue weighted by atomic mass is 19.1. The molecule has 1 aromatic rings. The summed E-state index contributed by atoms with van der Waals surface area (Å²) in [6.07, 6.45) is -0.838. The molecular formula is C13H17F2NO2. The molecule has 18 heavy (non-hydrogen) atoms. The van der Waals surface area contributed by atoms with Crippen molar-refractivity contribution in [2.45, 2.75) is 33.8 Å². The zero-order valence-corrected chi connectivity index (χ0v) is 11.0. The van der Waals surface area contributed by atoms with Crippen molar-refractivity contribution in [3.05, 3.63) is 29.3 Å². The van der Waals surface area contributed by atoms with Crippen LogP contribution in [0.2, 0.25) is 0 Å². The fourth-order valence-electron chi connectivity index (χ4n) is 1.60. The summed E-state index contributed by atoms with van der Waals surface area (Å²) in [6, 6.07) is 2.27. The van der Waals surface area contributed by atoms with Crippen molar-refractivity contribution in [1.29, 1.82) is 0 Å². The molecule has 0 aliphatic carbocycles. The van der Waals surface area contributed by atoms with Crippen molar-refractivity contribution in [1.82, 2.24) is 0 Å². The zero-order valence-electron chi connectivity index (χ0n) is 11.0.